The molecule has 2 heterocycles. The second kappa shape index (κ2) is 7.51. The van der Waals surface area contributed by atoms with Crippen LogP contribution >= 0.6 is 11.3 Å². The van der Waals surface area contributed by atoms with Crippen LogP contribution in [0.4, 0.5) is 5.69 Å². The summed E-state index contributed by atoms with van der Waals surface area (Å²) >= 11 is 1.56. The number of rotatable bonds is 4. The number of nitrogens with one attached hydrogen (secondary N) is 1. The van der Waals surface area contributed by atoms with Crippen molar-refractivity contribution in [3.63, 3.8) is 0 Å². The smallest absolute Gasteiger partial charge is 0.248 e. The molecule has 0 aliphatic rings. The number of nitrogens with zero attached hydrogens (tertiary/aromatic N) is 2. The molecular formula is C22H17N3OS. The van der Waals surface area contributed by atoms with Crippen LogP contribution in [0.3, 0.4) is 0 Å². The molecule has 4 rings (SSSR count). The molecule has 2 aromatic carbocycles. The van der Waals surface area contributed by atoms with Crippen molar-refractivity contribution in [2.45, 2.75) is 6.92 Å². The molecular weight excluding hydrogens is 354 g/mol. The molecule has 0 saturated carbocycles. The number of amides is 1. The van der Waals surface area contributed by atoms with E-state index in [0.717, 1.165) is 37.7 Å². The van der Waals surface area contributed by atoms with Gasteiger partial charge in [-0.05, 0) is 54.5 Å². The van der Waals surface area contributed by atoms with Crippen LogP contribution in [0.2, 0.25) is 0 Å². The molecule has 4 nitrogen and oxygen atoms in total. The maximum atomic E-state index is 12.2. The van der Waals surface area contributed by atoms with Crippen molar-refractivity contribution in [1.82, 2.24) is 9.97 Å². The molecule has 132 valence electrons. The Bertz CT molecular complexity index is 1100. The van der Waals surface area contributed by atoms with Crippen LogP contribution in [-0.4, -0.2) is 15.9 Å². The van der Waals surface area contributed by atoms with E-state index in [2.05, 4.69) is 15.3 Å². The van der Waals surface area contributed by atoms with E-state index >= 15 is 0 Å². The lowest BCUT2D eigenvalue weighted by Crippen LogP contribution is -2.08. The third-order valence-electron chi connectivity index (χ3n) is 4.12. The molecule has 0 aliphatic carbocycles. The molecule has 0 radical (unpaired) electrons. The molecule has 0 unspecified atom stereocenters. The first-order valence-electron chi connectivity index (χ1n) is 8.56. The van der Waals surface area contributed by atoms with Crippen molar-refractivity contribution in [3.05, 3.63) is 84.1 Å². The Morgan fingerprint density at radius 1 is 1.07 bits per heavy atom. The number of hydrogen-bond donors (Lipinski definition) is 1. The minimum atomic E-state index is -0.154. The van der Waals surface area contributed by atoms with Gasteiger partial charge < -0.3 is 5.32 Å². The predicted molar refractivity (Wildman–Crippen MR) is 112 cm³/mol. The zero-order valence-corrected chi connectivity index (χ0v) is 15.5. The van der Waals surface area contributed by atoms with Crippen molar-refractivity contribution in [1.29, 1.82) is 0 Å². The summed E-state index contributed by atoms with van der Waals surface area (Å²) in [5, 5.41) is 3.86. The normalized spacial score (nSPS) is 11.1. The maximum Gasteiger partial charge on any atom is 0.248 e. The van der Waals surface area contributed by atoms with Crippen molar-refractivity contribution in [3.8, 4) is 10.6 Å². The SMILES string of the molecule is Cc1cc(-c2nc3cccnc3s2)ccc1NC(=O)/C=C/c1ccccc1. The zero-order chi connectivity index (χ0) is 18.6. The Kier molecular flexibility index (Phi) is 4.77. The number of aromatic nitrogens is 2. The van der Waals surface area contributed by atoms with E-state index < -0.39 is 0 Å². The second-order valence-electron chi connectivity index (χ2n) is 6.11. The van der Waals surface area contributed by atoms with Gasteiger partial charge in [0.1, 0.15) is 15.4 Å². The number of hydrogen-bond acceptors (Lipinski definition) is 4. The first-order valence-corrected chi connectivity index (χ1v) is 9.37. The first kappa shape index (κ1) is 17.1. The molecule has 0 fully saturated rings. The van der Waals surface area contributed by atoms with Gasteiger partial charge in [0.15, 0.2) is 0 Å². The molecule has 1 N–H and O–H groups in total. The summed E-state index contributed by atoms with van der Waals surface area (Å²) in [6.45, 7) is 1.98. The van der Waals surface area contributed by atoms with Crippen LogP contribution in [0.15, 0.2) is 72.9 Å². The molecule has 5 heteroatoms. The van der Waals surface area contributed by atoms with E-state index in [4.69, 9.17) is 0 Å². The Balaban J connectivity index is 1.51. The van der Waals surface area contributed by atoms with Gasteiger partial charge in [0.2, 0.25) is 5.91 Å². The minimum absolute atomic E-state index is 0.154. The fourth-order valence-corrected chi connectivity index (χ4v) is 3.64. The lowest BCUT2D eigenvalue weighted by Gasteiger charge is -2.08. The quantitative estimate of drug-likeness (QED) is 0.494. The number of fused-ring (bicyclic) bond motifs is 1. The Morgan fingerprint density at radius 2 is 1.93 bits per heavy atom. The van der Waals surface area contributed by atoms with Crippen molar-refractivity contribution < 1.29 is 4.79 Å². The molecule has 0 saturated heterocycles. The van der Waals surface area contributed by atoms with Gasteiger partial charge in [0, 0.05) is 23.5 Å². The van der Waals surface area contributed by atoms with Crippen molar-refractivity contribution in [2.75, 3.05) is 5.32 Å². The lowest BCUT2D eigenvalue weighted by atomic mass is 10.1. The maximum absolute atomic E-state index is 12.2. The Hall–Kier alpha value is -3.31. The number of pyridine rings is 1. The van der Waals surface area contributed by atoms with E-state index in [9.17, 15) is 4.79 Å². The standard InChI is InChI=1S/C22H17N3OS/c1-15-14-17(21-25-19-8-5-13-23-22(19)27-21)10-11-18(15)24-20(26)12-9-16-6-3-2-4-7-16/h2-14H,1H3,(H,24,26)/b12-9+. The van der Waals surface area contributed by atoms with Gasteiger partial charge in [-0.3, -0.25) is 4.79 Å². The topological polar surface area (TPSA) is 54.9 Å². The molecule has 0 spiro atoms. The molecule has 2 aromatic heterocycles. The summed E-state index contributed by atoms with van der Waals surface area (Å²) in [4.78, 5) is 22.1. The Labute approximate surface area is 161 Å². The van der Waals surface area contributed by atoms with Crippen molar-refractivity contribution >= 4 is 39.4 Å². The third kappa shape index (κ3) is 3.93. The fourth-order valence-electron chi connectivity index (χ4n) is 2.74. The average Bonchev–Trinajstić information content (AvgIpc) is 3.13. The second-order valence-corrected chi connectivity index (χ2v) is 7.09. The monoisotopic (exact) mass is 371 g/mol. The van der Waals surface area contributed by atoms with Crippen LogP contribution in [0.5, 0.6) is 0 Å². The highest BCUT2D eigenvalue weighted by molar-refractivity contribution is 7.21. The largest absolute Gasteiger partial charge is 0.322 e. The van der Waals surface area contributed by atoms with E-state index in [-0.39, 0.29) is 5.91 Å². The minimum Gasteiger partial charge on any atom is -0.322 e. The van der Waals surface area contributed by atoms with Crippen LogP contribution in [0, 0.1) is 6.92 Å². The van der Waals surface area contributed by atoms with E-state index in [1.807, 2.05) is 67.6 Å². The van der Waals surface area contributed by atoms with Crippen LogP contribution in [-0.2, 0) is 4.79 Å². The number of benzene rings is 2. The molecule has 1 amide bonds. The number of carbonyl (C=O) groups excluding carboxylic acids is 1. The molecule has 27 heavy (non-hydrogen) atoms. The van der Waals surface area contributed by atoms with Gasteiger partial charge in [0.05, 0.1) is 0 Å². The summed E-state index contributed by atoms with van der Waals surface area (Å²) in [6.07, 6.45) is 5.12. The lowest BCUT2D eigenvalue weighted by molar-refractivity contribution is -0.111. The van der Waals surface area contributed by atoms with E-state index in [1.54, 1.807) is 29.7 Å². The summed E-state index contributed by atoms with van der Waals surface area (Å²) in [5.74, 6) is -0.154. The highest BCUT2D eigenvalue weighted by Crippen LogP contribution is 2.30. The fraction of sp³-hybridized carbons (Fsp3) is 0.0455. The van der Waals surface area contributed by atoms with Gasteiger partial charge in [-0.1, -0.05) is 41.7 Å². The number of anilines is 1. The van der Waals surface area contributed by atoms with Gasteiger partial charge in [0.25, 0.3) is 0 Å². The summed E-state index contributed by atoms with van der Waals surface area (Å²) in [5.41, 5.74) is 4.69. The molecule has 4 aromatic rings. The number of aryl methyl sites for hydroxylation is 1. The summed E-state index contributed by atoms with van der Waals surface area (Å²) < 4.78 is 0. The molecule has 0 atom stereocenters. The van der Waals surface area contributed by atoms with E-state index in [1.165, 1.54) is 0 Å². The van der Waals surface area contributed by atoms with Crippen LogP contribution in [0.25, 0.3) is 27.0 Å². The Morgan fingerprint density at radius 3 is 2.70 bits per heavy atom. The van der Waals surface area contributed by atoms with Crippen LogP contribution < -0.4 is 5.32 Å². The summed E-state index contributed by atoms with van der Waals surface area (Å²) in [7, 11) is 0. The number of thiazole rings is 1. The van der Waals surface area contributed by atoms with Gasteiger partial charge in [-0.15, -0.1) is 0 Å². The third-order valence-corrected chi connectivity index (χ3v) is 5.15. The molecule has 0 bridgehead atoms. The van der Waals surface area contributed by atoms with Gasteiger partial charge in [-0.2, -0.15) is 0 Å². The highest BCUT2D eigenvalue weighted by Gasteiger charge is 2.09. The van der Waals surface area contributed by atoms with Crippen LogP contribution in [0.1, 0.15) is 11.1 Å². The first-order chi connectivity index (χ1) is 13.2. The highest BCUT2D eigenvalue weighted by atomic mass is 32.1. The predicted octanol–water partition coefficient (Wildman–Crippen LogP) is 5.32. The number of carbonyl (C=O) groups is 1. The summed E-state index contributed by atoms with van der Waals surface area (Å²) in [6, 6.07) is 19.5. The molecule has 0 aliphatic heterocycles. The van der Waals surface area contributed by atoms with Gasteiger partial charge in [-0.25, -0.2) is 9.97 Å². The van der Waals surface area contributed by atoms with Crippen molar-refractivity contribution in [2.24, 2.45) is 0 Å². The van der Waals surface area contributed by atoms with Gasteiger partial charge >= 0.3 is 0 Å². The zero-order valence-electron chi connectivity index (χ0n) is 14.7. The van der Waals surface area contributed by atoms with E-state index in [0.29, 0.717) is 0 Å². The average molecular weight is 371 g/mol.